The molecule has 1 saturated heterocycles. The lowest BCUT2D eigenvalue weighted by atomic mass is 10.1. The Labute approximate surface area is 137 Å². The molecule has 11 heteroatoms. The number of phenolic OH excluding ortho intramolecular Hbond substituents is 1. The molecule has 0 aromatic heterocycles. The van der Waals surface area contributed by atoms with Gasteiger partial charge in [0.05, 0.1) is 18.2 Å². The number of hydrogen-bond donors (Lipinski definition) is 3. The first-order valence-corrected chi connectivity index (χ1v) is 7.24. The summed E-state index contributed by atoms with van der Waals surface area (Å²) in [5.41, 5.74) is -1.08. The van der Waals surface area contributed by atoms with Crippen molar-refractivity contribution >= 4 is 35.0 Å². The van der Waals surface area contributed by atoms with E-state index in [0.29, 0.717) is 6.07 Å². The van der Waals surface area contributed by atoms with Crippen LogP contribution in [0.25, 0.3) is 0 Å². The highest BCUT2D eigenvalue weighted by Gasteiger charge is 2.32. The Kier molecular flexibility index (Phi) is 5.12. The standard InChI is InChI=1S/C13H10F3N3O4S/c14-13(15,16)7-1-6(2-8(20)3-7)5-17-19-12-18-11(23)9(24-12)4-10(21)22/h1-3,5,9,20H,4H2,(H,21,22)(H,18,19,23). The first-order chi connectivity index (χ1) is 11.1. The molecular formula is C13H10F3N3O4S. The number of aromatic hydroxyl groups is 1. The molecule has 24 heavy (non-hydrogen) atoms. The Balaban J connectivity index is 2.11. The Morgan fingerprint density at radius 3 is 2.71 bits per heavy atom. The number of hydrogen-bond acceptors (Lipinski definition) is 6. The molecule has 1 aliphatic rings. The highest BCUT2D eigenvalue weighted by atomic mass is 32.2. The van der Waals surface area contributed by atoms with Crippen LogP contribution < -0.4 is 5.32 Å². The van der Waals surface area contributed by atoms with E-state index in [9.17, 15) is 27.9 Å². The number of amidine groups is 1. The lowest BCUT2D eigenvalue weighted by Crippen LogP contribution is -2.26. The molecule has 1 amide bonds. The van der Waals surface area contributed by atoms with Crippen LogP contribution in [0.5, 0.6) is 5.75 Å². The summed E-state index contributed by atoms with van der Waals surface area (Å²) in [4.78, 5) is 22.0. The van der Waals surface area contributed by atoms with Crippen molar-refractivity contribution in [3.63, 3.8) is 0 Å². The molecule has 1 atom stereocenters. The van der Waals surface area contributed by atoms with E-state index in [1.54, 1.807) is 0 Å². The SMILES string of the molecule is O=C(O)CC1SC(=NN=Cc2cc(O)cc(C(F)(F)F)c2)NC1=O. The van der Waals surface area contributed by atoms with Crippen LogP contribution in [-0.2, 0) is 15.8 Å². The number of nitrogens with zero attached hydrogens (tertiary/aromatic N) is 2. The van der Waals surface area contributed by atoms with E-state index in [1.807, 2.05) is 0 Å². The highest BCUT2D eigenvalue weighted by molar-refractivity contribution is 8.15. The maximum absolute atomic E-state index is 12.6. The second-order valence-corrected chi connectivity index (χ2v) is 5.85. The lowest BCUT2D eigenvalue weighted by molar-refractivity contribution is -0.138. The molecule has 1 aromatic rings. The van der Waals surface area contributed by atoms with Crippen LogP contribution in [0.3, 0.4) is 0 Å². The molecule has 0 aliphatic carbocycles. The van der Waals surface area contributed by atoms with Gasteiger partial charge >= 0.3 is 12.1 Å². The molecule has 0 bridgehead atoms. The molecule has 1 heterocycles. The molecule has 2 rings (SSSR count). The van der Waals surface area contributed by atoms with Crippen molar-refractivity contribution in [3.8, 4) is 5.75 Å². The zero-order valence-electron chi connectivity index (χ0n) is 11.7. The van der Waals surface area contributed by atoms with Gasteiger partial charge in [-0.05, 0) is 23.8 Å². The zero-order chi connectivity index (χ0) is 17.9. The number of alkyl halides is 3. The third-order valence-corrected chi connectivity index (χ3v) is 3.83. The van der Waals surface area contributed by atoms with Gasteiger partial charge in [-0.3, -0.25) is 9.59 Å². The lowest BCUT2D eigenvalue weighted by Gasteiger charge is -2.07. The van der Waals surface area contributed by atoms with Gasteiger partial charge in [0.1, 0.15) is 11.0 Å². The van der Waals surface area contributed by atoms with Gasteiger partial charge in [0.15, 0.2) is 5.17 Å². The number of benzene rings is 1. The van der Waals surface area contributed by atoms with Crippen LogP contribution in [0.4, 0.5) is 13.2 Å². The van der Waals surface area contributed by atoms with Gasteiger partial charge in [-0.2, -0.15) is 18.3 Å². The summed E-state index contributed by atoms with van der Waals surface area (Å²) in [6.07, 6.45) is -4.04. The highest BCUT2D eigenvalue weighted by Crippen LogP contribution is 2.32. The van der Waals surface area contributed by atoms with Gasteiger partial charge in [-0.15, -0.1) is 5.10 Å². The summed E-state index contributed by atoms with van der Waals surface area (Å²) in [5, 5.41) is 26.6. The number of rotatable bonds is 4. The summed E-state index contributed by atoms with van der Waals surface area (Å²) in [7, 11) is 0. The van der Waals surface area contributed by atoms with Gasteiger partial charge in [0.25, 0.3) is 0 Å². The van der Waals surface area contributed by atoms with E-state index in [-0.39, 0.29) is 17.2 Å². The van der Waals surface area contributed by atoms with E-state index in [0.717, 1.165) is 30.1 Å². The van der Waals surface area contributed by atoms with Crippen LogP contribution in [0.1, 0.15) is 17.5 Å². The Bertz CT molecular complexity index is 734. The van der Waals surface area contributed by atoms with E-state index >= 15 is 0 Å². The van der Waals surface area contributed by atoms with Crippen molar-refractivity contribution in [2.45, 2.75) is 17.8 Å². The molecule has 0 saturated carbocycles. The van der Waals surface area contributed by atoms with Gasteiger partial charge in [0, 0.05) is 0 Å². The van der Waals surface area contributed by atoms with Gasteiger partial charge in [0.2, 0.25) is 5.91 Å². The summed E-state index contributed by atoms with van der Waals surface area (Å²) >= 11 is 0.858. The van der Waals surface area contributed by atoms with Crippen molar-refractivity contribution in [1.82, 2.24) is 5.32 Å². The normalized spacial score (nSPS) is 19.9. The van der Waals surface area contributed by atoms with E-state index in [2.05, 4.69) is 15.5 Å². The predicted octanol–water partition coefficient (Wildman–Crippen LogP) is 1.81. The molecule has 0 spiro atoms. The molecule has 1 aliphatic heterocycles. The fraction of sp³-hybridized carbons (Fsp3) is 0.231. The Hall–Kier alpha value is -2.56. The maximum atomic E-state index is 12.6. The number of aliphatic carboxylic acids is 1. The number of nitrogens with one attached hydrogen (secondary N) is 1. The molecular weight excluding hydrogens is 351 g/mol. The summed E-state index contributed by atoms with van der Waals surface area (Å²) in [6.45, 7) is 0. The molecule has 7 nitrogen and oxygen atoms in total. The van der Waals surface area contributed by atoms with E-state index in [4.69, 9.17) is 5.11 Å². The molecule has 128 valence electrons. The molecule has 1 aromatic carbocycles. The molecule has 1 unspecified atom stereocenters. The number of phenols is 1. The quantitative estimate of drug-likeness (QED) is 0.559. The minimum absolute atomic E-state index is 0.0388. The Morgan fingerprint density at radius 2 is 2.08 bits per heavy atom. The predicted molar refractivity (Wildman–Crippen MR) is 79.9 cm³/mol. The largest absolute Gasteiger partial charge is 0.508 e. The van der Waals surface area contributed by atoms with Crippen molar-refractivity contribution in [2.75, 3.05) is 0 Å². The topological polar surface area (TPSA) is 111 Å². The third-order valence-electron chi connectivity index (χ3n) is 2.76. The van der Waals surface area contributed by atoms with Gasteiger partial charge in [-0.25, -0.2) is 0 Å². The number of halogens is 3. The fourth-order valence-corrected chi connectivity index (χ4v) is 2.68. The monoisotopic (exact) mass is 361 g/mol. The zero-order valence-corrected chi connectivity index (χ0v) is 12.6. The van der Waals surface area contributed by atoms with E-state index in [1.165, 1.54) is 0 Å². The summed E-state index contributed by atoms with van der Waals surface area (Å²) < 4.78 is 37.9. The number of carboxylic acid groups (broad SMARTS) is 1. The number of thioether (sulfide) groups is 1. The number of carbonyl (C=O) groups excluding carboxylic acids is 1. The van der Waals surface area contributed by atoms with Crippen LogP contribution in [-0.4, -0.2) is 38.7 Å². The number of amides is 1. The average Bonchev–Trinajstić information content (AvgIpc) is 2.77. The van der Waals surface area contributed by atoms with Crippen molar-refractivity contribution in [3.05, 3.63) is 29.3 Å². The van der Waals surface area contributed by atoms with Crippen LogP contribution >= 0.6 is 11.8 Å². The van der Waals surface area contributed by atoms with Crippen molar-refractivity contribution in [1.29, 1.82) is 0 Å². The second-order valence-electron chi connectivity index (χ2n) is 4.65. The summed E-state index contributed by atoms with van der Waals surface area (Å²) in [6, 6.07) is 2.41. The second kappa shape index (κ2) is 6.91. The third kappa shape index (κ3) is 4.72. The molecule has 3 N–H and O–H groups in total. The van der Waals surface area contributed by atoms with E-state index < -0.39 is 34.6 Å². The van der Waals surface area contributed by atoms with Crippen LogP contribution in [0.15, 0.2) is 28.4 Å². The Morgan fingerprint density at radius 1 is 1.38 bits per heavy atom. The molecule has 1 fully saturated rings. The summed E-state index contributed by atoms with van der Waals surface area (Å²) in [5.74, 6) is -2.26. The minimum atomic E-state index is -4.62. The number of carbonyl (C=O) groups is 2. The number of carboxylic acids is 1. The van der Waals surface area contributed by atoms with Gasteiger partial charge < -0.3 is 15.5 Å². The smallest absolute Gasteiger partial charge is 0.416 e. The van der Waals surface area contributed by atoms with Crippen molar-refractivity contribution < 1.29 is 33.0 Å². The van der Waals surface area contributed by atoms with Crippen LogP contribution in [0.2, 0.25) is 0 Å². The molecule has 0 radical (unpaired) electrons. The minimum Gasteiger partial charge on any atom is -0.508 e. The maximum Gasteiger partial charge on any atom is 0.416 e. The van der Waals surface area contributed by atoms with Crippen molar-refractivity contribution in [2.24, 2.45) is 10.2 Å². The van der Waals surface area contributed by atoms with Crippen LogP contribution in [0, 0.1) is 0 Å². The average molecular weight is 361 g/mol. The fourth-order valence-electron chi connectivity index (χ4n) is 1.77. The first kappa shape index (κ1) is 17.8. The first-order valence-electron chi connectivity index (χ1n) is 6.37. The van der Waals surface area contributed by atoms with Gasteiger partial charge in [-0.1, -0.05) is 11.8 Å².